The van der Waals surface area contributed by atoms with Crippen molar-refractivity contribution < 1.29 is 19.0 Å². The van der Waals surface area contributed by atoms with Gasteiger partial charge in [-0.15, -0.1) is 0 Å². The fourth-order valence-electron chi connectivity index (χ4n) is 8.67. The SMILES string of the molecule is CCn1nc(Cc2ccc(OC(C)(C)C)cc2)cc1C1CCN(C[C@H]2CN([C@@H](C(=O)O)C3CCCCC3)C[C@@H]2c2cccc(F)c2)CC1. The Morgan fingerprint density at radius 3 is 2.38 bits per heavy atom. The first-order valence-corrected chi connectivity index (χ1v) is 18.4. The predicted molar refractivity (Wildman–Crippen MR) is 188 cm³/mol. The van der Waals surface area contributed by atoms with E-state index in [0.717, 1.165) is 94.7 Å². The molecule has 2 saturated heterocycles. The summed E-state index contributed by atoms with van der Waals surface area (Å²) in [6.07, 6.45) is 8.37. The molecule has 3 heterocycles. The second-order valence-corrected chi connectivity index (χ2v) is 15.5. The van der Waals surface area contributed by atoms with E-state index in [-0.39, 0.29) is 29.2 Å². The normalized spacial score (nSPS) is 22.6. The lowest BCUT2D eigenvalue weighted by Crippen LogP contribution is -2.46. The molecule has 3 aliphatic rings. The molecule has 48 heavy (non-hydrogen) atoms. The van der Waals surface area contributed by atoms with Gasteiger partial charge in [0.15, 0.2) is 0 Å². The first kappa shape index (κ1) is 34.6. The van der Waals surface area contributed by atoms with Crippen LogP contribution in [0.25, 0.3) is 0 Å². The number of rotatable bonds is 11. The van der Waals surface area contributed by atoms with Gasteiger partial charge in [0.25, 0.3) is 0 Å². The molecule has 0 bridgehead atoms. The van der Waals surface area contributed by atoms with E-state index < -0.39 is 12.0 Å². The molecule has 3 fully saturated rings. The number of benzene rings is 2. The number of piperidine rings is 1. The standard InChI is InChI=1S/C40H55FN4O3/c1-5-45-37(24-34(42-45)22-28-14-16-35(17-15-28)48-40(2,3)4)29-18-20-43(21-19-29)25-32-26-44(27-36(32)31-12-9-13-33(41)23-31)38(39(46)47)30-10-7-6-8-11-30/h9,12-17,23-24,29-30,32,36,38H,5-8,10-11,18-22,25-27H2,1-4H3,(H,46,47)/t32-,36+,38+/m0/s1. The number of carboxylic acids is 1. The van der Waals surface area contributed by atoms with Gasteiger partial charge in [0, 0.05) is 50.1 Å². The van der Waals surface area contributed by atoms with Crippen molar-refractivity contribution >= 4 is 5.97 Å². The second-order valence-electron chi connectivity index (χ2n) is 15.5. The first-order chi connectivity index (χ1) is 23.1. The van der Waals surface area contributed by atoms with Crippen LogP contribution in [0.1, 0.15) is 107 Å². The van der Waals surface area contributed by atoms with Crippen molar-refractivity contribution in [1.29, 1.82) is 0 Å². The molecule has 2 aromatic carbocycles. The van der Waals surface area contributed by atoms with Crippen LogP contribution in [0.3, 0.4) is 0 Å². The number of nitrogens with zero attached hydrogens (tertiary/aromatic N) is 4. The van der Waals surface area contributed by atoms with E-state index in [0.29, 0.717) is 12.5 Å². The van der Waals surface area contributed by atoms with E-state index in [1.54, 1.807) is 12.1 Å². The zero-order chi connectivity index (χ0) is 33.8. The topological polar surface area (TPSA) is 70.8 Å². The minimum absolute atomic E-state index is 0.127. The molecule has 6 rings (SSSR count). The van der Waals surface area contributed by atoms with E-state index in [1.807, 2.05) is 18.2 Å². The Hall–Kier alpha value is -3.23. The maximum atomic E-state index is 14.4. The van der Waals surface area contributed by atoms with Crippen molar-refractivity contribution in [2.75, 3.05) is 32.7 Å². The van der Waals surface area contributed by atoms with E-state index in [4.69, 9.17) is 9.84 Å². The van der Waals surface area contributed by atoms with Crippen LogP contribution in [0.4, 0.5) is 4.39 Å². The van der Waals surface area contributed by atoms with Crippen molar-refractivity contribution in [3.05, 3.63) is 82.9 Å². The largest absolute Gasteiger partial charge is 0.488 e. The second kappa shape index (κ2) is 15.1. The number of likely N-dealkylation sites (tertiary alicyclic amines) is 2. The third-order valence-electron chi connectivity index (χ3n) is 10.9. The smallest absolute Gasteiger partial charge is 0.321 e. The van der Waals surface area contributed by atoms with Crippen LogP contribution < -0.4 is 4.74 Å². The van der Waals surface area contributed by atoms with Gasteiger partial charge in [0.2, 0.25) is 0 Å². The monoisotopic (exact) mass is 658 g/mol. The molecular formula is C40H55FN4O3. The number of hydrogen-bond donors (Lipinski definition) is 1. The Bertz CT molecular complexity index is 1500. The Balaban J connectivity index is 1.10. The first-order valence-electron chi connectivity index (χ1n) is 18.4. The zero-order valence-corrected chi connectivity index (χ0v) is 29.4. The molecule has 8 heteroatoms. The van der Waals surface area contributed by atoms with Crippen molar-refractivity contribution in [3.63, 3.8) is 0 Å². The molecule has 0 amide bonds. The highest BCUT2D eigenvalue weighted by molar-refractivity contribution is 5.74. The van der Waals surface area contributed by atoms with Crippen molar-refractivity contribution in [3.8, 4) is 5.75 Å². The Morgan fingerprint density at radius 1 is 1.00 bits per heavy atom. The van der Waals surface area contributed by atoms with Crippen LogP contribution in [-0.2, 0) is 17.8 Å². The number of aliphatic carboxylic acids is 1. The molecule has 0 radical (unpaired) electrons. The predicted octanol–water partition coefficient (Wildman–Crippen LogP) is 7.74. The van der Waals surface area contributed by atoms with Gasteiger partial charge in [-0.1, -0.05) is 43.5 Å². The summed E-state index contributed by atoms with van der Waals surface area (Å²) in [6, 6.07) is 17.2. The highest BCUT2D eigenvalue weighted by Crippen LogP contribution is 2.39. The van der Waals surface area contributed by atoms with E-state index in [2.05, 4.69) is 60.4 Å². The van der Waals surface area contributed by atoms with Crippen LogP contribution in [0.5, 0.6) is 5.75 Å². The highest BCUT2D eigenvalue weighted by Gasteiger charge is 2.43. The summed E-state index contributed by atoms with van der Waals surface area (Å²) in [6.45, 7) is 13.6. The Labute approximate surface area is 286 Å². The summed E-state index contributed by atoms with van der Waals surface area (Å²) in [5, 5.41) is 15.4. The average molecular weight is 659 g/mol. The zero-order valence-electron chi connectivity index (χ0n) is 29.4. The molecule has 7 nitrogen and oxygen atoms in total. The quantitative estimate of drug-likeness (QED) is 0.227. The minimum Gasteiger partial charge on any atom is -0.488 e. The molecule has 0 unspecified atom stereocenters. The summed E-state index contributed by atoms with van der Waals surface area (Å²) >= 11 is 0. The molecule has 3 aromatic rings. The average Bonchev–Trinajstić information content (AvgIpc) is 3.66. The van der Waals surface area contributed by atoms with Crippen molar-refractivity contribution in [2.24, 2.45) is 11.8 Å². The van der Waals surface area contributed by atoms with Crippen LogP contribution in [0.15, 0.2) is 54.6 Å². The van der Waals surface area contributed by atoms with Crippen LogP contribution >= 0.6 is 0 Å². The number of carboxylic acid groups (broad SMARTS) is 1. The van der Waals surface area contributed by atoms with E-state index in [1.165, 1.54) is 23.7 Å². The summed E-state index contributed by atoms with van der Waals surface area (Å²) in [5.74, 6) is 1.03. The van der Waals surface area contributed by atoms with E-state index >= 15 is 0 Å². The molecule has 2 aliphatic heterocycles. The third-order valence-corrected chi connectivity index (χ3v) is 10.9. The van der Waals surface area contributed by atoms with Gasteiger partial charge < -0.3 is 14.7 Å². The summed E-state index contributed by atoms with van der Waals surface area (Å²) in [7, 11) is 0. The van der Waals surface area contributed by atoms with Gasteiger partial charge in [0.05, 0.1) is 5.69 Å². The number of carbonyl (C=O) groups is 1. The van der Waals surface area contributed by atoms with Crippen LogP contribution in [0.2, 0.25) is 0 Å². The molecule has 1 N–H and O–H groups in total. The summed E-state index contributed by atoms with van der Waals surface area (Å²) in [5.41, 5.74) is 4.45. The number of halogens is 1. The van der Waals surface area contributed by atoms with Crippen molar-refractivity contribution in [2.45, 2.75) is 109 Å². The number of hydrogen-bond acceptors (Lipinski definition) is 5. The van der Waals surface area contributed by atoms with Gasteiger partial charge in [0.1, 0.15) is 23.2 Å². The summed E-state index contributed by atoms with van der Waals surface area (Å²) < 4.78 is 22.6. The fraction of sp³-hybridized carbons (Fsp3) is 0.600. The van der Waals surface area contributed by atoms with Crippen molar-refractivity contribution in [1.82, 2.24) is 19.6 Å². The summed E-state index contributed by atoms with van der Waals surface area (Å²) in [4.78, 5) is 17.4. The molecule has 260 valence electrons. The lowest BCUT2D eigenvalue weighted by atomic mass is 9.83. The fourth-order valence-corrected chi connectivity index (χ4v) is 8.67. The molecule has 1 aromatic heterocycles. The Kier molecular flexibility index (Phi) is 10.9. The molecule has 1 saturated carbocycles. The van der Waals surface area contributed by atoms with Gasteiger partial charge in [-0.05, 0) is 120 Å². The lowest BCUT2D eigenvalue weighted by Gasteiger charge is -2.35. The van der Waals surface area contributed by atoms with Gasteiger partial charge in [-0.3, -0.25) is 14.4 Å². The number of aromatic nitrogens is 2. The number of ether oxygens (including phenoxy) is 1. The Morgan fingerprint density at radius 2 is 1.73 bits per heavy atom. The number of aryl methyl sites for hydroxylation is 1. The maximum absolute atomic E-state index is 14.4. The van der Waals surface area contributed by atoms with Crippen LogP contribution in [-0.4, -0.2) is 75.0 Å². The molecule has 1 aliphatic carbocycles. The van der Waals surface area contributed by atoms with Gasteiger partial charge in [-0.25, -0.2) is 4.39 Å². The molecule has 0 spiro atoms. The lowest BCUT2D eigenvalue weighted by molar-refractivity contribution is -0.145. The minimum atomic E-state index is -0.695. The molecular weight excluding hydrogens is 603 g/mol. The third kappa shape index (κ3) is 8.49. The van der Waals surface area contributed by atoms with E-state index in [9.17, 15) is 14.3 Å². The highest BCUT2D eigenvalue weighted by atomic mass is 19.1. The molecule has 3 atom stereocenters. The van der Waals surface area contributed by atoms with Gasteiger partial charge in [-0.2, -0.15) is 5.10 Å². The van der Waals surface area contributed by atoms with Crippen LogP contribution in [0, 0.1) is 17.7 Å². The maximum Gasteiger partial charge on any atom is 0.321 e. The van der Waals surface area contributed by atoms with Gasteiger partial charge >= 0.3 is 5.97 Å².